The van der Waals surface area contributed by atoms with Crippen LogP contribution in [0.3, 0.4) is 0 Å². The van der Waals surface area contributed by atoms with Gasteiger partial charge in [0.25, 0.3) is 5.91 Å². The summed E-state index contributed by atoms with van der Waals surface area (Å²) in [6.45, 7) is 0. The van der Waals surface area contributed by atoms with Crippen LogP contribution in [0.25, 0.3) is 0 Å². The SMILES string of the molecule is Nc1ccc(O)cc1C(=O)Nc1ccsc1. The minimum absolute atomic E-state index is 0.0182. The van der Waals surface area contributed by atoms with Crippen molar-refractivity contribution in [2.24, 2.45) is 0 Å². The average Bonchev–Trinajstić information content (AvgIpc) is 2.74. The van der Waals surface area contributed by atoms with Gasteiger partial charge in [-0.1, -0.05) is 0 Å². The number of phenols is 1. The van der Waals surface area contributed by atoms with E-state index < -0.39 is 0 Å². The number of nitrogens with one attached hydrogen (secondary N) is 1. The van der Waals surface area contributed by atoms with Crippen molar-refractivity contribution in [3.63, 3.8) is 0 Å². The maximum absolute atomic E-state index is 11.8. The molecule has 0 saturated heterocycles. The summed E-state index contributed by atoms with van der Waals surface area (Å²) in [5, 5.41) is 15.6. The molecule has 1 heterocycles. The Kier molecular flexibility index (Phi) is 2.78. The molecule has 0 radical (unpaired) electrons. The molecule has 0 fully saturated rings. The molecule has 1 aromatic heterocycles. The lowest BCUT2D eigenvalue weighted by molar-refractivity contribution is 0.102. The number of phenolic OH excluding ortho intramolecular Hbond substituents is 1. The fourth-order valence-corrected chi connectivity index (χ4v) is 1.86. The van der Waals surface area contributed by atoms with Crippen LogP contribution in [-0.2, 0) is 0 Å². The van der Waals surface area contributed by atoms with Gasteiger partial charge < -0.3 is 16.2 Å². The molecule has 16 heavy (non-hydrogen) atoms. The highest BCUT2D eigenvalue weighted by Crippen LogP contribution is 2.20. The van der Waals surface area contributed by atoms with E-state index in [0.29, 0.717) is 5.69 Å². The van der Waals surface area contributed by atoms with Crippen molar-refractivity contribution in [3.8, 4) is 5.75 Å². The van der Waals surface area contributed by atoms with Gasteiger partial charge in [-0.05, 0) is 29.6 Å². The Balaban J connectivity index is 2.24. The number of hydrogen-bond acceptors (Lipinski definition) is 4. The second-order valence-corrected chi connectivity index (χ2v) is 4.02. The lowest BCUT2D eigenvalue weighted by Crippen LogP contribution is -2.13. The first-order chi connectivity index (χ1) is 7.66. The van der Waals surface area contributed by atoms with Gasteiger partial charge in [-0.2, -0.15) is 11.3 Å². The van der Waals surface area contributed by atoms with Gasteiger partial charge >= 0.3 is 0 Å². The highest BCUT2D eigenvalue weighted by molar-refractivity contribution is 7.08. The molecule has 82 valence electrons. The summed E-state index contributed by atoms with van der Waals surface area (Å²) in [5.41, 5.74) is 6.98. The minimum atomic E-state index is -0.327. The van der Waals surface area contributed by atoms with Crippen molar-refractivity contribution in [3.05, 3.63) is 40.6 Å². The summed E-state index contributed by atoms with van der Waals surface area (Å²) in [6, 6.07) is 6.08. The third kappa shape index (κ3) is 2.14. The van der Waals surface area contributed by atoms with E-state index in [1.54, 1.807) is 6.07 Å². The van der Waals surface area contributed by atoms with Crippen LogP contribution in [-0.4, -0.2) is 11.0 Å². The summed E-state index contributed by atoms with van der Waals surface area (Å²) in [7, 11) is 0. The normalized spacial score (nSPS) is 10.0. The summed E-state index contributed by atoms with van der Waals surface area (Å²) < 4.78 is 0. The van der Waals surface area contributed by atoms with Gasteiger partial charge in [0.1, 0.15) is 5.75 Å². The average molecular weight is 234 g/mol. The zero-order valence-corrected chi connectivity index (χ0v) is 9.12. The summed E-state index contributed by atoms with van der Waals surface area (Å²) >= 11 is 1.49. The monoisotopic (exact) mass is 234 g/mol. The van der Waals surface area contributed by atoms with E-state index in [4.69, 9.17) is 5.73 Å². The molecule has 0 bridgehead atoms. The van der Waals surface area contributed by atoms with Gasteiger partial charge in [-0.15, -0.1) is 0 Å². The molecule has 0 atom stereocenters. The molecule has 2 aromatic rings. The quantitative estimate of drug-likeness (QED) is 0.551. The Labute approximate surface area is 96.3 Å². The maximum Gasteiger partial charge on any atom is 0.257 e. The first-order valence-electron chi connectivity index (χ1n) is 4.59. The number of benzene rings is 1. The summed E-state index contributed by atoms with van der Waals surface area (Å²) in [6.07, 6.45) is 0. The van der Waals surface area contributed by atoms with E-state index in [9.17, 15) is 9.90 Å². The third-order valence-electron chi connectivity index (χ3n) is 2.06. The lowest BCUT2D eigenvalue weighted by Gasteiger charge is -2.06. The van der Waals surface area contributed by atoms with Crippen molar-refractivity contribution >= 4 is 28.6 Å². The largest absolute Gasteiger partial charge is 0.508 e. The molecule has 4 nitrogen and oxygen atoms in total. The van der Waals surface area contributed by atoms with Crippen molar-refractivity contribution in [1.82, 2.24) is 0 Å². The molecular formula is C11H10N2O2S. The lowest BCUT2D eigenvalue weighted by atomic mass is 10.1. The van der Waals surface area contributed by atoms with E-state index >= 15 is 0 Å². The zero-order valence-electron chi connectivity index (χ0n) is 8.31. The molecule has 0 spiro atoms. The van der Waals surface area contributed by atoms with Gasteiger partial charge in [0.05, 0.1) is 11.3 Å². The van der Waals surface area contributed by atoms with Gasteiger partial charge in [0.2, 0.25) is 0 Å². The Morgan fingerprint density at radius 2 is 2.19 bits per heavy atom. The van der Waals surface area contributed by atoms with Crippen LogP contribution in [0.2, 0.25) is 0 Å². The number of anilines is 2. The Hall–Kier alpha value is -2.01. The van der Waals surface area contributed by atoms with E-state index in [2.05, 4.69) is 5.32 Å². The van der Waals surface area contributed by atoms with Gasteiger partial charge in [0, 0.05) is 11.1 Å². The molecule has 0 aliphatic heterocycles. The van der Waals surface area contributed by atoms with Crippen LogP contribution in [0.1, 0.15) is 10.4 Å². The smallest absolute Gasteiger partial charge is 0.257 e. The molecule has 1 aromatic carbocycles. The highest BCUT2D eigenvalue weighted by atomic mass is 32.1. The number of amides is 1. The standard InChI is InChI=1S/C11H10N2O2S/c12-10-2-1-8(14)5-9(10)11(15)13-7-3-4-16-6-7/h1-6,14H,12H2,(H,13,15). The van der Waals surface area contributed by atoms with Crippen LogP contribution in [0.5, 0.6) is 5.75 Å². The number of carbonyl (C=O) groups excluding carboxylic acids is 1. The van der Waals surface area contributed by atoms with Crippen molar-refractivity contribution < 1.29 is 9.90 Å². The first kappa shape index (κ1) is 10.5. The van der Waals surface area contributed by atoms with Crippen LogP contribution in [0.15, 0.2) is 35.0 Å². The van der Waals surface area contributed by atoms with Crippen molar-refractivity contribution in [2.45, 2.75) is 0 Å². The number of hydrogen-bond donors (Lipinski definition) is 3. The van der Waals surface area contributed by atoms with E-state index in [0.717, 1.165) is 5.69 Å². The van der Waals surface area contributed by atoms with E-state index in [1.807, 2.05) is 10.8 Å². The topological polar surface area (TPSA) is 75.3 Å². The van der Waals surface area contributed by atoms with Crippen LogP contribution in [0, 0.1) is 0 Å². The number of thiophene rings is 1. The molecule has 5 heteroatoms. The Bertz CT molecular complexity index is 509. The van der Waals surface area contributed by atoms with Crippen molar-refractivity contribution in [1.29, 1.82) is 0 Å². The fraction of sp³-hybridized carbons (Fsp3) is 0. The van der Waals surface area contributed by atoms with Gasteiger partial charge in [0.15, 0.2) is 0 Å². The number of carbonyl (C=O) groups is 1. The molecule has 0 unspecified atom stereocenters. The second-order valence-electron chi connectivity index (χ2n) is 3.24. The number of aromatic hydroxyl groups is 1. The number of nitrogen functional groups attached to an aromatic ring is 1. The van der Waals surface area contributed by atoms with Crippen LogP contribution in [0.4, 0.5) is 11.4 Å². The predicted molar refractivity (Wildman–Crippen MR) is 64.8 cm³/mol. The highest BCUT2D eigenvalue weighted by Gasteiger charge is 2.10. The van der Waals surface area contributed by atoms with Gasteiger partial charge in [-0.3, -0.25) is 4.79 Å². The van der Waals surface area contributed by atoms with E-state index in [-0.39, 0.29) is 17.2 Å². The molecule has 4 N–H and O–H groups in total. The minimum Gasteiger partial charge on any atom is -0.508 e. The molecule has 2 rings (SSSR count). The molecular weight excluding hydrogens is 224 g/mol. The first-order valence-corrected chi connectivity index (χ1v) is 5.53. The van der Waals surface area contributed by atoms with E-state index in [1.165, 1.54) is 29.5 Å². The molecule has 1 amide bonds. The maximum atomic E-state index is 11.8. The number of rotatable bonds is 2. The molecule has 0 aliphatic carbocycles. The summed E-state index contributed by atoms with van der Waals surface area (Å²) in [5.74, 6) is -0.309. The van der Waals surface area contributed by atoms with Crippen molar-refractivity contribution in [2.75, 3.05) is 11.1 Å². The van der Waals surface area contributed by atoms with Crippen LogP contribution < -0.4 is 11.1 Å². The fourth-order valence-electron chi connectivity index (χ4n) is 1.27. The van der Waals surface area contributed by atoms with Crippen LogP contribution >= 0.6 is 11.3 Å². The number of nitrogens with two attached hydrogens (primary N) is 1. The van der Waals surface area contributed by atoms with Gasteiger partial charge in [-0.25, -0.2) is 0 Å². The molecule has 0 saturated carbocycles. The predicted octanol–water partition coefficient (Wildman–Crippen LogP) is 2.29. The third-order valence-corrected chi connectivity index (χ3v) is 2.74. The Morgan fingerprint density at radius 1 is 1.38 bits per heavy atom. The molecule has 0 aliphatic rings. The Morgan fingerprint density at radius 3 is 2.88 bits per heavy atom. The summed E-state index contributed by atoms with van der Waals surface area (Å²) in [4.78, 5) is 11.8. The second kappa shape index (κ2) is 4.24. The zero-order chi connectivity index (χ0) is 11.5.